The maximum atomic E-state index is 12.6. The molecule has 1 aromatic rings. The molecule has 0 aromatic heterocycles. The van der Waals surface area contributed by atoms with Crippen LogP contribution >= 0.6 is 0 Å². The molecule has 1 fully saturated rings. The van der Waals surface area contributed by atoms with Gasteiger partial charge in [0.15, 0.2) is 0 Å². The Labute approximate surface area is 145 Å². The van der Waals surface area contributed by atoms with Crippen LogP contribution in [0.3, 0.4) is 0 Å². The number of carbonyl (C=O) groups excluding carboxylic acids is 1. The molecule has 5 nitrogen and oxygen atoms in total. The van der Waals surface area contributed by atoms with Crippen LogP contribution in [0.25, 0.3) is 0 Å². The van der Waals surface area contributed by atoms with Crippen molar-refractivity contribution in [2.75, 3.05) is 20.1 Å². The van der Waals surface area contributed by atoms with Gasteiger partial charge in [-0.05, 0) is 37.1 Å². The highest BCUT2D eigenvalue weighted by molar-refractivity contribution is 7.89. The van der Waals surface area contributed by atoms with Gasteiger partial charge in [-0.1, -0.05) is 33.1 Å². The number of nitrogens with zero attached hydrogens (tertiary/aromatic N) is 2. The van der Waals surface area contributed by atoms with Gasteiger partial charge < -0.3 is 4.90 Å². The van der Waals surface area contributed by atoms with Crippen LogP contribution in [0.15, 0.2) is 29.2 Å². The minimum Gasteiger partial charge on any atom is -0.339 e. The molecule has 0 unspecified atom stereocenters. The molecule has 134 valence electrons. The Bertz CT molecular complexity index is 645. The summed E-state index contributed by atoms with van der Waals surface area (Å²) in [6.07, 6.45) is 5.69. The van der Waals surface area contributed by atoms with Gasteiger partial charge in [-0.3, -0.25) is 4.79 Å². The molecule has 24 heavy (non-hydrogen) atoms. The summed E-state index contributed by atoms with van der Waals surface area (Å²) in [5.41, 5.74) is 0.543. The van der Waals surface area contributed by atoms with E-state index in [-0.39, 0.29) is 10.8 Å². The van der Waals surface area contributed by atoms with E-state index in [9.17, 15) is 13.2 Å². The minimum absolute atomic E-state index is 0.0336. The zero-order valence-electron chi connectivity index (χ0n) is 14.9. The Morgan fingerprint density at radius 3 is 2.08 bits per heavy atom. The van der Waals surface area contributed by atoms with Gasteiger partial charge >= 0.3 is 0 Å². The van der Waals surface area contributed by atoms with E-state index < -0.39 is 10.0 Å². The zero-order valence-corrected chi connectivity index (χ0v) is 15.7. The Morgan fingerprint density at radius 1 is 1.04 bits per heavy atom. The third kappa shape index (κ3) is 3.98. The second kappa shape index (κ2) is 8.12. The first-order valence-corrected chi connectivity index (χ1v) is 10.2. The molecular formula is C18H28N2O3S. The van der Waals surface area contributed by atoms with E-state index in [1.54, 1.807) is 12.1 Å². The van der Waals surface area contributed by atoms with Crippen molar-refractivity contribution in [1.29, 1.82) is 0 Å². The highest BCUT2D eigenvalue weighted by Gasteiger charge is 2.25. The lowest BCUT2D eigenvalue weighted by Gasteiger charge is -2.31. The van der Waals surface area contributed by atoms with Crippen LogP contribution in [0.1, 0.15) is 56.3 Å². The molecule has 1 aromatic carbocycles. The molecular weight excluding hydrogens is 324 g/mol. The summed E-state index contributed by atoms with van der Waals surface area (Å²) in [5, 5.41) is 0. The van der Waals surface area contributed by atoms with Gasteiger partial charge in [-0.25, -0.2) is 8.42 Å². The molecule has 0 atom stereocenters. The lowest BCUT2D eigenvalue weighted by atomic mass is 9.94. The highest BCUT2D eigenvalue weighted by Crippen LogP contribution is 2.23. The molecule has 1 amide bonds. The maximum Gasteiger partial charge on any atom is 0.253 e. The number of sulfonamides is 1. The van der Waals surface area contributed by atoms with Crippen LogP contribution in [0.4, 0.5) is 0 Å². The highest BCUT2D eigenvalue weighted by atomic mass is 32.2. The first-order chi connectivity index (χ1) is 11.4. The third-order valence-electron chi connectivity index (χ3n) is 4.89. The predicted molar refractivity (Wildman–Crippen MR) is 95.5 cm³/mol. The van der Waals surface area contributed by atoms with Crippen molar-refractivity contribution in [2.45, 2.75) is 56.9 Å². The zero-order chi connectivity index (χ0) is 17.7. The summed E-state index contributed by atoms with van der Waals surface area (Å²) in [6, 6.07) is 6.62. The fraction of sp³-hybridized carbons (Fsp3) is 0.611. The number of hydrogen-bond donors (Lipinski definition) is 0. The van der Waals surface area contributed by atoms with E-state index in [1.165, 1.54) is 35.7 Å². The number of hydrogen-bond acceptors (Lipinski definition) is 3. The van der Waals surface area contributed by atoms with Crippen molar-refractivity contribution in [3.05, 3.63) is 29.8 Å². The monoisotopic (exact) mass is 352 g/mol. The van der Waals surface area contributed by atoms with Crippen LogP contribution in [-0.2, 0) is 10.0 Å². The van der Waals surface area contributed by atoms with E-state index in [2.05, 4.69) is 0 Å². The largest absolute Gasteiger partial charge is 0.339 e. The second-order valence-electron chi connectivity index (χ2n) is 6.32. The molecule has 1 saturated carbocycles. The molecule has 6 heteroatoms. The van der Waals surface area contributed by atoms with Crippen molar-refractivity contribution in [2.24, 2.45) is 0 Å². The standard InChI is InChI=1S/C18H28N2O3S/c1-4-20(5-2)24(22,23)17-13-11-15(12-14-17)18(21)19(3)16-9-7-6-8-10-16/h11-14,16H,4-10H2,1-3H3. The van der Waals surface area contributed by atoms with Crippen molar-refractivity contribution in [3.8, 4) is 0 Å². The molecule has 0 aliphatic heterocycles. The molecule has 0 spiro atoms. The summed E-state index contributed by atoms with van der Waals surface area (Å²) in [7, 11) is -1.63. The molecule has 0 saturated heterocycles. The molecule has 0 heterocycles. The fourth-order valence-corrected chi connectivity index (χ4v) is 4.78. The van der Waals surface area contributed by atoms with Crippen molar-refractivity contribution >= 4 is 15.9 Å². The third-order valence-corrected chi connectivity index (χ3v) is 6.95. The van der Waals surface area contributed by atoms with E-state index >= 15 is 0 Å². The number of rotatable bonds is 6. The average Bonchev–Trinajstić information content (AvgIpc) is 2.62. The normalized spacial score (nSPS) is 16.3. The molecule has 1 aliphatic carbocycles. The fourth-order valence-electron chi connectivity index (χ4n) is 3.32. The quantitative estimate of drug-likeness (QED) is 0.790. The Balaban J connectivity index is 2.15. The summed E-state index contributed by atoms with van der Waals surface area (Å²) in [6.45, 7) is 4.50. The van der Waals surface area contributed by atoms with Gasteiger partial charge in [0.25, 0.3) is 5.91 Å². The molecule has 1 aliphatic rings. The van der Waals surface area contributed by atoms with Gasteiger partial charge in [-0.2, -0.15) is 4.31 Å². The molecule has 0 bridgehead atoms. The first-order valence-electron chi connectivity index (χ1n) is 8.79. The average molecular weight is 353 g/mol. The lowest BCUT2D eigenvalue weighted by molar-refractivity contribution is 0.0696. The van der Waals surface area contributed by atoms with Crippen LogP contribution in [0.5, 0.6) is 0 Å². The number of benzene rings is 1. The van der Waals surface area contributed by atoms with Crippen LogP contribution < -0.4 is 0 Å². The van der Waals surface area contributed by atoms with E-state index in [4.69, 9.17) is 0 Å². The van der Waals surface area contributed by atoms with Gasteiger partial charge in [0.1, 0.15) is 0 Å². The van der Waals surface area contributed by atoms with Crippen LogP contribution in [-0.4, -0.2) is 49.7 Å². The lowest BCUT2D eigenvalue weighted by Crippen LogP contribution is -2.38. The Kier molecular flexibility index (Phi) is 6.40. The first kappa shape index (κ1) is 18.9. The van der Waals surface area contributed by atoms with Crippen molar-refractivity contribution in [3.63, 3.8) is 0 Å². The van der Waals surface area contributed by atoms with Crippen LogP contribution in [0, 0.1) is 0 Å². The van der Waals surface area contributed by atoms with Gasteiger partial charge in [0.2, 0.25) is 10.0 Å². The Hall–Kier alpha value is -1.40. The van der Waals surface area contributed by atoms with E-state index in [1.807, 2.05) is 25.8 Å². The summed E-state index contributed by atoms with van der Waals surface area (Å²) < 4.78 is 26.4. The molecule has 0 N–H and O–H groups in total. The smallest absolute Gasteiger partial charge is 0.253 e. The van der Waals surface area contributed by atoms with Gasteiger partial charge in [-0.15, -0.1) is 0 Å². The number of carbonyl (C=O) groups is 1. The summed E-state index contributed by atoms with van der Waals surface area (Å²) in [5.74, 6) is -0.0336. The van der Waals surface area contributed by atoms with Crippen molar-refractivity contribution < 1.29 is 13.2 Å². The molecule has 0 radical (unpaired) electrons. The second-order valence-corrected chi connectivity index (χ2v) is 8.26. The maximum absolute atomic E-state index is 12.6. The summed E-state index contributed by atoms with van der Waals surface area (Å²) in [4.78, 5) is 14.7. The predicted octanol–water partition coefficient (Wildman–Crippen LogP) is 3.12. The van der Waals surface area contributed by atoms with Crippen LogP contribution in [0.2, 0.25) is 0 Å². The minimum atomic E-state index is -3.48. The van der Waals surface area contributed by atoms with E-state index in [0.29, 0.717) is 24.7 Å². The molecule has 2 rings (SSSR count). The SMILES string of the molecule is CCN(CC)S(=O)(=O)c1ccc(C(=O)N(C)C2CCCCC2)cc1. The summed E-state index contributed by atoms with van der Waals surface area (Å²) >= 11 is 0. The van der Waals surface area contributed by atoms with Gasteiger partial charge in [0, 0.05) is 31.7 Å². The van der Waals surface area contributed by atoms with E-state index in [0.717, 1.165) is 12.8 Å². The Morgan fingerprint density at radius 2 is 1.58 bits per heavy atom. The number of amides is 1. The van der Waals surface area contributed by atoms with Gasteiger partial charge in [0.05, 0.1) is 4.90 Å². The van der Waals surface area contributed by atoms with Crippen molar-refractivity contribution in [1.82, 2.24) is 9.21 Å². The topological polar surface area (TPSA) is 57.7 Å².